The Labute approximate surface area is 93.2 Å². The summed E-state index contributed by atoms with van der Waals surface area (Å²) in [4.78, 5) is 4.24. The fraction of sp³-hybridized carbons (Fsp3) is 0.0833. The summed E-state index contributed by atoms with van der Waals surface area (Å²) in [5.74, 6) is 0. The van der Waals surface area contributed by atoms with E-state index in [-0.39, 0.29) is 6.61 Å². The Morgan fingerprint density at radius 2 is 2.07 bits per heavy atom. The molecule has 0 unspecified atom stereocenters. The topological polar surface area (TPSA) is 33.1 Å². The van der Waals surface area contributed by atoms with Gasteiger partial charge in [0.1, 0.15) is 0 Å². The molecule has 0 saturated carbocycles. The number of rotatable bonds is 2. The van der Waals surface area contributed by atoms with Gasteiger partial charge in [0.2, 0.25) is 0 Å². The molecule has 1 aromatic carbocycles. The number of hydrogen-bond acceptors (Lipinski definition) is 2. The van der Waals surface area contributed by atoms with E-state index >= 15 is 0 Å². The molecule has 1 N–H and O–H groups in total. The molecule has 3 heteroatoms. The first kappa shape index (κ1) is 10.1. The highest BCUT2D eigenvalue weighted by Crippen LogP contribution is 2.23. The van der Waals surface area contributed by atoms with Crippen LogP contribution in [0.5, 0.6) is 0 Å². The van der Waals surface area contributed by atoms with E-state index in [2.05, 4.69) is 4.98 Å². The Morgan fingerprint density at radius 1 is 1.20 bits per heavy atom. The van der Waals surface area contributed by atoms with Crippen LogP contribution in [-0.2, 0) is 6.61 Å². The Bertz CT molecular complexity index is 471. The minimum absolute atomic E-state index is 0.0182. The molecule has 2 aromatic rings. The first-order valence-corrected chi connectivity index (χ1v) is 5.00. The molecule has 0 amide bonds. The second-order valence-corrected chi connectivity index (χ2v) is 3.62. The van der Waals surface area contributed by atoms with Gasteiger partial charge in [-0.15, -0.1) is 0 Å². The molecule has 0 bridgehead atoms. The van der Waals surface area contributed by atoms with Crippen LogP contribution in [0.25, 0.3) is 11.3 Å². The van der Waals surface area contributed by atoms with Crippen LogP contribution in [0.1, 0.15) is 5.56 Å². The van der Waals surface area contributed by atoms with E-state index in [1.54, 1.807) is 12.3 Å². The van der Waals surface area contributed by atoms with Gasteiger partial charge in [0.05, 0.1) is 12.3 Å². The van der Waals surface area contributed by atoms with E-state index in [9.17, 15) is 5.11 Å². The second kappa shape index (κ2) is 4.43. The third kappa shape index (κ3) is 2.17. The van der Waals surface area contributed by atoms with Crippen molar-refractivity contribution in [1.29, 1.82) is 0 Å². The standard InChI is InChI=1S/C12H10ClNO/c13-11-5-1-3-9(7-11)12-10(8-15)4-2-6-14-12/h1-7,15H,8H2. The van der Waals surface area contributed by atoms with E-state index in [1.165, 1.54) is 0 Å². The molecule has 0 radical (unpaired) electrons. The van der Waals surface area contributed by atoms with Crippen LogP contribution < -0.4 is 0 Å². The molecule has 0 fully saturated rings. The molecule has 0 aliphatic heterocycles. The summed E-state index contributed by atoms with van der Waals surface area (Å²) in [6.45, 7) is -0.0182. The highest BCUT2D eigenvalue weighted by Gasteiger charge is 2.04. The van der Waals surface area contributed by atoms with Crippen molar-refractivity contribution in [3.8, 4) is 11.3 Å². The van der Waals surface area contributed by atoms with Gasteiger partial charge >= 0.3 is 0 Å². The number of halogens is 1. The molecular formula is C12H10ClNO. The lowest BCUT2D eigenvalue weighted by Crippen LogP contribution is -1.91. The maximum atomic E-state index is 9.18. The number of aromatic nitrogens is 1. The Kier molecular flexibility index (Phi) is 2.99. The molecule has 76 valence electrons. The summed E-state index contributed by atoms with van der Waals surface area (Å²) >= 11 is 5.90. The normalized spacial score (nSPS) is 10.3. The van der Waals surface area contributed by atoms with Crippen molar-refractivity contribution in [2.75, 3.05) is 0 Å². The van der Waals surface area contributed by atoms with Crippen LogP contribution in [0, 0.1) is 0 Å². The molecule has 0 aliphatic carbocycles. The largest absolute Gasteiger partial charge is 0.392 e. The Balaban J connectivity index is 2.53. The van der Waals surface area contributed by atoms with Crippen molar-refractivity contribution >= 4 is 11.6 Å². The molecule has 0 saturated heterocycles. The van der Waals surface area contributed by atoms with Gasteiger partial charge in [0.25, 0.3) is 0 Å². The number of hydrogen-bond donors (Lipinski definition) is 1. The molecule has 15 heavy (non-hydrogen) atoms. The number of aliphatic hydroxyl groups excluding tert-OH is 1. The van der Waals surface area contributed by atoms with Crippen LogP contribution in [0.4, 0.5) is 0 Å². The summed E-state index contributed by atoms with van der Waals surface area (Å²) < 4.78 is 0. The molecule has 2 nitrogen and oxygen atoms in total. The smallest absolute Gasteiger partial charge is 0.0757 e. The number of benzene rings is 1. The van der Waals surface area contributed by atoms with E-state index in [0.717, 1.165) is 16.8 Å². The summed E-state index contributed by atoms with van der Waals surface area (Å²) in [7, 11) is 0. The first-order valence-electron chi connectivity index (χ1n) is 4.62. The minimum Gasteiger partial charge on any atom is -0.392 e. The summed E-state index contributed by atoms with van der Waals surface area (Å²) in [5, 5.41) is 9.84. The monoisotopic (exact) mass is 219 g/mol. The quantitative estimate of drug-likeness (QED) is 0.843. The lowest BCUT2D eigenvalue weighted by Gasteiger charge is -2.05. The molecule has 2 rings (SSSR count). The van der Waals surface area contributed by atoms with Gasteiger partial charge in [0, 0.05) is 22.3 Å². The number of pyridine rings is 1. The van der Waals surface area contributed by atoms with E-state index < -0.39 is 0 Å². The molecule has 0 spiro atoms. The predicted molar refractivity (Wildman–Crippen MR) is 60.6 cm³/mol. The van der Waals surface area contributed by atoms with Crippen molar-refractivity contribution in [3.05, 3.63) is 53.2 Å². The van der Waals surface area contributed by atoms with E-state index in [0.29, 0.717) is 5.02 Å². The lowest BCUT2D eigenvalue weighted by molar-refractivity contribution is 0.282. The van der Waals surface area contributed by atoms with Crippen molar-refractivity contribution in [1.82, 2.24) is 4.98 Å². The molecule has 0 aliphatic rings. The van der Waals surface area contributed by atoms with Crippen LogP contribution >= 0.6 is 11.6 Å². The molecule has 1 heterocycles. The number of nitrogens with zero attached hydrogens (tertiary/aromatic N) is 1. The fourth-order valence-corrected chi connectivity index (χ4v) is 1.65. The van der Waals surface area contributed by atoms with Gasteiger partial charge in [-0.05, 0) is 18.2 Å². The Morgan fingerprint density at radius 3 is 2.80 bits per heavy atom. The van der Waals surface area contributed by atoms with E-state index in [4.69, 9.17) is 11.6 Å². The average Bonchev–Trinajstić information content (AvgIpc) is 2.29. The van der Waals surface area contributed by atoms with Gasteiger partial charge in [-0.2, -0.15) is 0 Å². The maximum absolute atomic E-state index is 9.18. The third-order valence-corrected chi connectivity index (χ3v) is 2.39. The first-order chi connectivity index (χ1) is 7.31. The maximum Gasteiger partial charge on any atom is 0.0757 e. The minimum atomic E-state index is -0.0182. The van der Waals surface area contributed by atoms with Crippen LogP contribution in [-0.4, -0.2) is 10.1 Å². The molecular weight excluding hydrogens is 210 g/mol. The second-order valence-electron chi connectivity index (χ2n) is 3.18. The highest BCUT2D eigenvalue weighted by molar-refractivity contribution is 6.30. The SMILES string of the molecule is OCc1cccnc1-c1cccc(Cl)c1. The van der Waals surface area contributed by atoms with Crippen LogP contribution in [0.15, 0.2) is 42.6 Å². The number of aliphatic hydroxyl groups is 1. The molecule has 1 aromatic heterocycles. The summed E-state index contributed by atoms with van der Waals surface area (Å²) in [6.07, 6.45) is 1.70. The van der Waals surface area contributed by atoms with Gasteiger partial charge < -0.3 is 5.11 Å². The Hall–Kier alpha value is -1.38. The third-order valence-electron chi connectivity index (χ3n) is 2.16. The summed E-state index contributed by atoms with van der Waals surface area (Å²) in [5.41, 5.74) is 2.51. The van der Waals surface area contributed by atoms with Crippen LogP contribution in [0.2, 0.25) is 5.02 Å². The van der Waals surface area contributed by atoms with Crippen molar-refractivity contribution < 1.29 is 5.11 Å². The summed E-state index contributed by atoms with van der Waals surface area (Å²) in [6, 6.07) is 11.1. The van der Waals surface area contributed by atoms with Crippen molar-refractivity contribution in [2.24, 2.45) is 0 Å². The average molecular weight is 220 g/mol. The zero-order valence-electron chi connectivity index (χ0n) is 8.02. The predicted octanol–water partition coefficient (Wildman–Crippen LogP) is 2.89. The molecule has 0 atom stereocenters. The zero-order chi connectivity index (χ0) is 10.7. The van der Waals surface area contributed by atoms with Crippen molar-refractivity contribution in [3.63, 3.8) is 0 Å². The van der Waals surface area contributed by atoms with Gasteiger partial charge in [-0.1, -0.05) is 29.8 Å². The zero-order valence-corrected chi connectivity index (χ0v) is 8.78. The van der Waals surface area contributed by atoms with Gasteiger partial charge in [0.15, 0.2) is 0 Å². The van der Waals surface area contributed by atoms with Gasteiger partial charge in [-0.3, -0.25) is 4.98 Å². The lowest BCUT2D eigenvalue weighted by atomic mass is 10.1. The van der Waals surface area contributed by atoms with Crippen LogP contribution in [0.3, 0.4) is 0 Å². The van der Waals surface area contributed by atoms with Crippen molar-refractivity contribution in [2.45, 2.75) is 6.61 Å². The highest BCUT2D eigenvalue weighted by atomic mass is 35.5. The van der Waals surface area contributed by atoms with Gasteiger partial charge in [-0.25, -0.2) is 0 Å². The fourth-order valence-electron chi connectivity index (χ4n) is 1.46. The van der Waals surface area contributed by atoms with E-state index in [1.807, 2.05) is 30.3 Å².